The van der Waals surface area contributed by atoms with Gasteiger partial charge < -0.3 is 10.1 Å². The van der Waals surface area contributed by atoms with Gasteiger partial charge in [0.05, 0.1) is 22.6 Å². The predicted molar refractivity (Wildman–Crippen MR) is 109 cm³/mol. The Kier molecular flexibility index (Phi) is 5.00. The van der Waals surface area contributed by atoms with Gasteiger partial charge in [0.15, 0.2) is 5.16 Å². The molecular weight excluding hydrogens is 380 g/mol. The Morgan fingerprint density at radius 1 is 1.22 bits per heavy atom. The lowest BCUT2D eigenvalue weighted by molar-refractivity contribution is -0.120. The molecule has 2 heterocycles. The van der Waals surface area contributed by atoms with E-state index in [9.17, 15) is 4.79 Å². The summed E-state index contributed by atoms with van der Waals surface area (Å²) >= 11 is 3.00. The van der Waals surface area contributed by atoms with E-state index in [-0.39, 0.29) is 11.2 Å². The molecule has 6 nitrogen and oxygen atoms in total. The Hall–Kier alpha value is -2.58. The Bertz CT molecular complexity index is 1110. The molecule has 1 unspecified atom stereocenters. The number of ether oxygens (including phenoxy) is 1. The number of nitrogens with zero attached hydrogens (tertiary/aromatic N) is 3. The standard InChI is InChI=1S/C19H18N4O2S2/c1-12(17(24)20-11-13-7-3-5-9-15(13)25-2)26-18-21-22-19-23(18)14-8-4-6-10-16(14)27-19/h3-10,12H,11H2,1-2H3,(H,20,24). The van der Waals surface area contributed by atoms with Crippen molar-refractivity contribution in [2.45, 2.75) is 23.9 Å². The first-order chi connectivity index (χ1) is 13.2. The number of aromatic nitrogens is 3. The molecule has 1 amide bonds. The molecule has 0 radical (unpaired) electrons. The first-order valence-corrected chi connectivity index (χ1v) is 10.2. The maximum absolute atomic E-state index is 12.6. The van der Waals surface area contributed by atoms with Crippen molar-refractivity contribution in [1.82, 2.24) is 19.9 Å². The van der Waals surface area contributed by atoms with Crippen molar-refractivity contribution in [3.05, 3.63) is 54.1 Å². The van der Waals surface area contributed by atoms with Crippen molar-refractivity contribution in [3.63, 3.8) is 0 Å². The lowest BCUT2D eigenvalue weighted by Crippen LogP contribution is -2.30. The predicted octanol–water partition coefficient (Wildman–Crippen LogP) is 3.75. The van der Waals surface area contributed by atoms with Gasteiger partial charge in [0.2, 0.25) is 10.9 Å². The highest BCUT2D eigenvalue weighted by Crippen LogP contribution is 2.31. The zero-order chi connectivity index (χ0) is 18.8. The van der Waals surface area contributed by atoms with Crippen LogP contribution in [0.4, 0.5) is 0 Å². The molecule has 0 aliphatic carbocycles. The number of carbonyl (C=O) groups is 1. The summed E-state index contributed by atoms with van der Waals surface area (Å²) in [5.74, 6) is 0.712. The zero-order valence-corrected chi connectivity index (χ0v) is 16.5. The maximum atomic E-state index is 12.6. The molecule has 0 saturated carbocycles. The first-order valence-electron chi connectivity index (χ1n) is 8.46. The van der Waals surface area contributed by atoms with E-state index in [1.54, 1.807) is 18.4 Å². The van der Waals surface area contributed by atoms with Crippen LogP contribution in [-0.2, 0) is 11.3 Å². The van der Waals surface area contributed by atoms with Crippen molar-refractivity contribution in [2.24, 2.45) is 0 Å². The second-order valence-electron chi connectivity index (χ2n) is 5.96. The molecule has 0 aliphatic heterocycles. The van der Waals surface area contributed by atoms with Gasteiger partial charge in [0.25, 0.3) is 0 Å². The fourth-order valence-electron chi connectivity index (χ4n) is 2.82. The normalized spacial score (nSPS) is 12.4. The van der Waals surface area contributed by atoms with Crippen LogP contribution >= 0.6 is 23.1 Å². The molecule has 0 saturated heterocycles. The molecule has 138 valence electrons. The number of rotatable bonds is 6. The number of benzene rings is 2. The van der Waals surface area contributed by atoms with Crippen LogP contribution in [0.15, 0.2) is 53.7 Å². The van der Waals surface area contributed by atoms with E-state index >= 15 is 0 Å². The largest absolute Gasteiger partial charge is 0.496 e. The molecule has 2 aromatic heterocycles. The molecule has 8 heteroatoms. The molecule has 4 aromatic rings. The summed E-state index contributed by atoms with van der Waals surface area (Å²) in [6.07, 6.45) is 0. The van der Waals surface area contributed by atoms with Crippen molar-refractivity contribution in [3.8, 4) is 5.75 Å². The highest BCUT2D eigenvalue weighted by atomic mass is 32.2. The monoisotopic (exact) mass is 398 g/mol. The van der Waals surface area contributed by atoms with Crippen LogP contribution in [0.2, 0.25) is 0 Å². The fourth-order valence-corrected chi connectivity index (χ4v) is 4.73. The third-order valence-electron chi connectivity index (χ3n) is 4.21. The summed E-state index contributed by atoms with van der Waals surface area (Å²) in [4.78, 5) is 13.4. The number of amides is 1. The number of methoxy groups -OCH3 is 1. The van der Waals surface area contributed by atoms with E-state index in [1.807, 2.05) is 53.8 Å². The van der Waals surface area contributed by atoms with Gasteiger partial charge in [0, 0.05) is 12.1 Å². The minimum absolute atomic E-state index is 0.0535. The minimum atomic E-state index is -0.300. The summed E-state index contributed by atoms with van der Waals surface area (Å²) in [6, 6.07) is 15.8. The van der Waals surface area contributed by atoms with Crippen LogP contribution < -0.4 is 10.1 Å². The number of fused-ring (bicyclic) bond motifs is 3. The molecule has 1 atom stereocenters. The zero-order valence-electron chi connectivity index (χ0n) is 14.9. The first kappa shape index (κ1) is 17.8. The number of hydrogen-bond acceptors (Lipinski definition) is 6. The molecule has 4 rings (SSSR count). The molecule has 27 heavy (non-hydrogen) atoms. The van der Waals surface area contributed by atoms with Crippen molar-refractivity contribution in [2.75, 3.05) is 7.11 Å². The number of hydrogen-bond donors (Lipinski definition) is 1. The number of thiazole rings is 1. The smallest absolute Gasteiger partial charge is 0.233 e. The molecule has 0 fully saturated rings. The average Bonchev–Trinajstić information content (AvgIpc) is 3.26. The van der Waals surface area contributed by atoms with Gasteiger partial charge in [-0.1, -0.05) is 53.4 Å². The van der Waals surface area contributed by atoms with Crippen LogP contribution in [0.5, 0.6) is 5.75 Å². The molecule has 0 aliphatic rings. The molecule has 0 spiro atoms. The van der Waals surface area contributed by atoms with Gasteiger partial charge in [-0.05, 0) is 25.1 Å². The number of para-hydroxylation sites is 2. The molecule has 0 bridgehead atoms. The van der Waals surface area contributed by atoms with Gasteiger partial charge >= 0.3 is 0 Å². The highest BCUT2D eigenvalue weighted by Gasteiger charge is 2.20. The van der Waals surface area contributed by atoms with Gasteiger partial charge in [-0.3, -0.25) is 9.20 Å². The third-order valence-corrected chi connectivity index (χ3v) is 6.26. The van der Waals surface area contributed by atoms with E-state index in [0.29, 0.717) is 6.54 Å². The highest BCUT2D eigenvalue weighted by molar-refractivity contribution is 8.00. The second-order valence-corrected chi connectivity index (χ2v) is 8.28. The lowest BCUT2D eigenvalue weighted by atomic mass is 10.2. The second kappa shape index (κ2) is 7.58. The summed E-state index contributed by atoms with van der Waals surface area (Å²) in [6.45, 7) is 2.29. The SMILES string of the molecule is COc1ccccc1CNC(=O)C(C)Sc1nnc2sc3ccccc3n12. The van der Waals surface area contributed by atoms with E-state index in [0.717, 1.165) is 31.6 Å². The minimum Gasteiger partial charge on any atom is -0.496 e. The molecule has 1 N–H and O–H groups in total. The summed E-state index contributed by atoms with van der Waals surface area (Å²) in [5.41, 5.74) is 2.01. The van der Waals surface area contributed by atoms with Crippen LogP contribution in [0.1, 0.15) is 12.5 Å². The van der Waals surface area contributed by atoms with E-state index < -0.39 is 0 Å². The topological polar surface area (TPSA) is 68.5 Å². The van der Waals surface area contributed by atoms with Crippen LogP contribution in [0, 0.1) is 0 Å². The summed E-state index contributed by atoms with van der Waals surface area (Å²) in [7, 11) is 1.63. The average molecular weight is 399 g/mol. The fraction of sp³-hybridized carbons (Fsp3) is 0.211. The van der Waals surface area contributed by atoms with Crippen LogP contribution in [0.25, 0.3) is 15.2 Å². The van der Waals surface area contributed by atoms with Crippen molar-refractivity contribution >= 4 is 44.2 Å². The summed E-state index contributed by atoms with van der Waals surface area (Å²) < 4.78 is 8.49. The van der Waals surface area contributed by atoms with Gasteiger partial charge in [-0.25, -0.2) is 0 Å². The third kappa shape index (κ3) is 3.50. The maximum Gasteiger partial charge on any atom is 0.233 e. The molecule has 2 aromatic carbocycles. The van der Waals surface area contributed by atoms with Gasteiger partial charge in [0.1, 0.15) is 5.75 Å². The number of nitrogens with one attached hydrogen (secondary N) is 1. The quantitative estimate of drug-likeness (QED) is 0.501. The van der Waals surface area contributed by atoms with Gasteiger partial charge in [-0.15, -0.1) is 10.2 Å². The number of thioether (sulfide) groups is 1. The number of carbonyl (C=O) groups excluding carboxylic acids is 1. The Balaban J connectivity index is 1.48. The molecular formula is C19H18N4O2S2. The van der Waals surface area contributed by atoms with E-state index in [4.69, 9.17) is 4.74 Å². The van der Waals surface area contributed by atoms with Crippen LogP contribution in [0.3, 0.4) is 0 Å². The Morgan fingerprint density at radius 3 is 2.85 bits per heavy atom. The lowest BCUT2D eigenvalue weighted by Gasteiger charge is -2.12. The van der Waals surface area contributed by atoms with E-state index in [1.165, 1.54) is 11.8 Å². The van der Waals surface area contributed by atoms with Crippen LogP contribution in [-0.4, -0.2) is 32.9 Å². The Morgan fingerprint density at radius 2 is 2.00 bits per heavy atom. The summed E-state index contributed by atoms with van der Waals surface area (Å²) in [5, 5.41) is 11.9. The van der Waals surface area contributed by atoms with Gasteiger partial charge in [-0.2, -0.15) is 0 Å². The van der Waals surface area contributed by atoms with E-state index in [2.05, 4.69) is 21.6 Å². The Labute approximate surface area is 164 Å². The van der Waals surface area contributed by atoms with Crippen molar-refractivity contribution in [1.29, 1.82) is 0 Å². The van der Waals surface area contributed by atoms with Crippen molar-refractivity contribution < 1.29 is 9.53 Å².